The zero-order valence-corrected chi connectivity index (χ0v) is 19.1. The number of carbonyl (C=O) groups is 1. The van der Waals surface area contributed by atoms with Gasteiger partial charge in [0.05, 0.1) is 22.2 Å². The number of aromatic carboxylic acids is 1. The number of carboxylic acid groups (broad SMARTS) is 1. The summed E-state index contributed by atoms with van der Waals surface area (Å²) in [4.78, 5) is 11.5. The van der Waals surface area contributed by atoms with Gasteiger partial charge in [0.15, 0.2) is 0 Å². The van der Waals surface area contributed by atoms with Crippen molar-refractivity contribution in [3.8, 4) is 0 Å². The van der Waals surface area contributed by atoms with Gasteiger partial charge in [-0.1, -0.05) is 0 Å². The van der Waals surface area contributed by atoms with Crippen molar-refractivity contribution in [3.63, 3.8) is 0 Å². The maximum atomic E-state index is 15.8. The molecule has 0 amide bonds. The quantitative estimate of drug-likeness (QED) is 0.669. The van der Waals surface area contributed by atoms with Gasteiger partial charge in [-0.3, -0.25) is 9.08 Å². The summed E-state index contributed by atoms with van der Waals surface area (Å²) in [6.45, 7) is 0. The highest BCUT2D eigenvalue weighted by atomic mass is 32.2. The molecule has 2 aliphatic heterocycles. The number of hydrogen-bond acceptors (Lipinski definition) is 5. The number of hydrogen-bond donors (Lipinski definition) is 2. The summed E-state index contributed by atoms with van der Waals surface area (Å²) in [7, 11) is -7.12. The molecule has 0 aromatic heterocycles. The molecule has 2 aromatic rings. The van der Waals surface area contributed by atoms with Crippen LogP contribution in [-0.2, 0) is 25.2 Å². The van der Waals surface area contributed by atoms with Gasteiger partial charge in [-0.05, 0) is 68.0 Å². The van der Waals surface area contributed by atoms with E-state index in [2.05, 4.69) is 0 Å². The van der Waals surface area contributed by atoms with Crippen LogP contribution >= 0.6 is 0 Å². The highest BCUT2D eigenvalue weighted by Gasteiger charge is 2.61. The van der Waals surface area contributed by atoms with E-state index < -0.39 is 54.4 Å². The Hall–Kier alpha value is -2.53. The van der Waals surface area contributed by atoms with Gasteiger partial charge in [-0.15, -0.1) is 0 Å². The molecule has 7 nitrogen and oxygen atoms in total. The molecule has 1 saturated heterocycles. The number of nitrogens with one attached hydrogen (secondary N) is 1. The third-order valence-electron chi connectivity index (χ3n) is 7.10. The molecule has 33 heavy (non-hydrogen) atoms. The first-order chi connectivity index (χ1) is 15.5. The van der Waals surface area contributed by atoms with Crippen molar-refractivity contribution in [1.29, 1.82) is 4.78 Å². The number of sulfonamides is 1. The maximum absolute atomic E-state index is 15.8. The number of anilines is 1. The fourth-order valence-electron chi connectivity index (χ4n) is 5.43. The molecule has 1 atom stereocenters. The molecule has 2 fully saturated rings. The standard InChI is InChI=1S/C22H22F2N2O5S2/c23-14-3-5-15(6-4-14)33(30,31)26-17-8-7-16(21(27)28)19(24)18(17)22(20(26)13-1-2-13)9-11-32(25,29)12-10-22/h3-8,13,20,25H,1-2,9-12H2,(H,27,28). The van der Waals surface area contributed by atoms with Crippen LogP contribution in [0.2, 0.25) is 0 Å². The molecule has 1 saturated carbocycles. The minimum Gasteiger partial charge on any atom is -0.478 e. The Kier molecular flexibility index (Phi) is 4.88. The lowest BCUT2D eigenvalue weighted by Crippen LogP contribution is -2.52. The van der Waals surface area contributed by atoms with Crippen molar-refractivity contribution in [2.75, 3.05) is 15.8 Å². The van der Waals surface area contributed by atoms with Crippen molar-refractivity contribution in [3.05, 3.63) is 59.2 Å². The van der Waals surface area contributed by atoms with Crippen LogP contribution in [0.15, 0.2) is 41.3 Å². The van der Waals surface area contributed by atoms with Crippen LogP contribution in [0.3, 0.4) is 0 Å². The summed E-state index contributed by atoms with van der Waals surface area (Å²) >= 11 is 0. The molecule has 5 rings (SSSR count). The molecule has 2 aromatic carbocycles. The van der Waals surface area contributed by atoms with E-state index in [4.69, 9.17) is 4.78 Å². The summed E-state index contributed by atoms with van der Waals surface area (Å²) in [5.41, 5.74) is -1.56. The second kappa shape index (κ2) is 7.23. The molecule has 11 heteroatoms. The average Bonchev–Trinajstić information content (AvgIpc) is 3.53. The largest absolute Gasteiger partial charge is 0.478 e. The lowest BCUT2D eigenvalue weighted by molar-refractivity contribution is 0.0691. The van der Waals surface area contributed by atoms with Gasteiger partial charge < -0.3 is 5.11 Å². The van der Waals surface area contributed by atoms with E-state index >= 15 is 4.39 Å². The highest BCUT2D eigenvalue weighted by molar-refractivity contribution is 7.93. The fourth-order valence-corrected chi connectivity index (χ4v) is 8.81. The first kappa shape index (κ1) is 22.3. The molecule has 1 unspecified atom stereocenters. The minimum absolute atomic E-state index is 0.0138. The van der Waals surface area contributed by atoms with Crippen molar-refractivity contribution >= 4 is 31.4 Å². The number of rotatable bonds is 4. The van der Waals surface area contributed by atoms with Gasteiger partial charge in [0.1, 0.15) is 11.6 Å². The van der Waals surface area contributed by atoms with Crippen LogP contribution < -0.4 is 4.31 Å². The van der Waals surface area contributed by atoms with Crippen molar-refractivity contribution < 1.29 is 31.3 Å². The number of benzene rings is 2. The molecule has 0 bridgehead atoms. The van der Waals surface area contributed by atoms with Crippen LogP contribution in [0.25, 0.3) is 0 Å². The first-order valence-electron chi connectivity index (χ1n) is 10.6. The normalized spacial score (nSPS) is 29.3. The zero-order chi connectivity index (χ0) is 23.8. The second-order valence-corrected chi connectivity index (χ2v) is 13.3. The molecule has 176 valence electrons. The van der Waals surface area contributed by atoms with Crippen LogP contribution in [0.1, 0.15) is 41.6 Å². The van der Waals surface area contributed by atoms with Crippen molar-refractivity contribution in [1.82, 2.24) is 0 Å². The number of nitrogens with zero attached hydrogens (tertiary/aromatic N) is 1. The van der Waals surface area contributed by atoms with E-state index in [-0.39, 0.29) is 46.4 Å². The van der Waals surface area contributed by atoms with Gasteiger partial charge in [0.2, 0.25) is 0 Å². The molecule has 2 N–H and O–H groups in total. The third kappa shape index (κ3) is 3.35. The predicted molar refractivity (Wildman–Crippen MR) is 117 cm³/mol. The van der Waals surface area contributed by atoms with Crippen molar-refractivity contribution in [2.45, 2.75) is 42.0 Å². The van der Waals surface area contributed by atoms with E-state index in [1.165, 1.54) is 10.4 Å². The topological polar surface area (TPSA) is 116 Å². The predicted octanol–water partition coefficient (Wildman–Crippen LogP) is 3.73. The van der Waals surface area contributed by atoms with Crippen LogP contribution in [-0.4, -0.2) is 41.3 Å². The Balaban J connectivity index is 1.77. The Morgan fingerprint density at radius 3 is 2.24 bits per heavy atom. The Morgan fingerprint density at radius 1 is 1.09 bits per heavy atom. The highest BCUT2D eigenvalue weighted by Crippen LogP contribution is 2.60. The summed E-state index contributed by atoms with van der Waals surface area (Å²) < 4.78 is 78.5. The van der Waals surface area contributed by atoms with E-state index in [0.717, 1.165) is 43.2 Å². The third-order valence-corrected chi connectivity index (χ3v) is 10.6. The van der Waals surface area contributed by atoms with Crippen LogP contribution in [0.5, 0.6) is 0 Å². The molecule has 1 spiro atoms. The summed E-state index contributed by atoms with van der Waals surface area (Å²) in [6, 6.07) is 6.06. The van der Waals surface area contributed by atoms with Gasteiger partial charge in [0, 0.05) is 32.2 Å². The number of fused-ring (bicyclic) bond motifs is 2. The fraction of sp³-hybridized carbons (Fsp3) is 0.409. The first-order valence-corrected chi connectivity index (χ1v) is 13.9. The summed E-state index contributed by atoms with van der Waals surface area (Å²) in [6.07, 6.45) is 1.69. The van der Waals surface area contributed by atoms with Gasteiger partial charge in [-0.2, -0.15) is 0 Å². The second-order valence-electron chi connectivity index (χ2n) is 9.04. The summed E-state index contributed by atoms with van der Waals surface area (Å²) in [5, 5.41) is 9.50. The van der Waals surface area contributed by atoms with Crippen LogP contribution in [0, 0.1) is 22.3 Å². The SMILES string of the molecule is N=S1(=O)CCC2(CC1)c1c(ccc(C(=O)O)c1F)N(S(=O)(=O)c1ccc(F)cc1)C2C1CC1. The minimum atomic E-state index is -4.24. The monoisotopic (exact) mass is 496 g/mol. The van der Waals surface area contributed by atoms with Crippen LogP contribution in [0.4, 0.5) is 14.5 Å². The van der Waals surface area contributed by atoms with E-state index in [1.807, 2.05) is 0 Å². The number of carboxylic acids is 1. The maximum Gasteiger partial charge on any atom is 0.338 e. The average molecular weight is 497 g/mol. The lowest BCUT2D eigenvalue weighted by Gasteiger charge is -2.42. The molecule has 0 radical (unpaired) electrons. The van der Waals surface area contributed by atoms with E-state index in [9.17, 15) is 26.9 Å². The number of halogens is 2. The zero-order valence-electron chi connectivity index (χ0n) is 17.5. The van der Waals surface area contributed by atoms with E-state index in [1.54, 1.807) is 0 Å². The Labute approximate surface area is 190 Å². The van der Waals surface area contributed by atoms with Crippen molar-refractivity contribution in [2.24, 2.45) is 5.92 Å². The molecule has 2 heterocycles. The molecule has 1 aliphatic carbocycles. The Bertz CT molecular complexity index is 1360. The molecular formula is C22H22F2N2O5S2. The van der Waals surface area contributed by atoms with Gasteiger partial charge in [0.25, 0.3) is 10.0 Å². The molecule has 3 aliphatic rings. The lowest BCUT2D eigenvalue weighted by atomic mass is 9.70. The molecular weight excluding hydrogens is 474 g/mol. The van der Waals surface area contributed by atoms with Gasteiger partial charge in [-0.25, -0.2) is 26.2 Å². The van der Waals surface area contributed by atoms with Gasteiger partial charge >= 0.3 is 5.97 Å². The van der Waals surface area contributed by atoms with E-state index in [0.29, 0.717) is 0 Å². The Morgan fingerprint density at radius 2 is 1.70 bits per heavy atom. The smallest absolute Gasteiger partial charge is 0.338 e. The summed E-state index contributed by atoms with van der Waals surface area (Å²) in [5.74, 6) is -3.16.